The van der Waals surface area contributed by atoms with E-state index in [4.69, 9.17) is 18.6 Å². The minimum Gasteiger partial charge on any atom is -0.496 e. The molecule has 2 aromatic carbocycles. The van der Waals surface area contributed by atoms with Crippen molar-refractivity contribution in [1.82, 2.24) is 4.98 Å². The number of nitrogens with one attached hydrogen (secondary N) is 1. The van der Waals surface area contributed by atoms with Gasteiger partial charge in [-0.25, -0.2) is 8.42 Å². The van der Waals surface area contributed by atoms with Crippen LogP contribution in [0.2, 0.25) is 0 Å². The maximum Gasteiger partial charge on any atom is 0.234 e. The van der Waals surface area contributed by atoms with Gasteiger partial charge in [-0.15, -0.1) is 0 Å². The number of para-hydroxylation sites is 1. The Balaban J connectivity index is 1.61. The second-order valence-electron chi connectivity index (χ2n) is 7.08. The summed E-state index contributed by atoms with van der Waals surface area (Å²) in [6.45, 7) is 0.799. The van der Waals surface area contributed by atoms with E-state index < -0.39 is 9.84 Å². The molecule has 1 fully saturated rings. The highest BCUT2D eigenvalue weighted by Gasteiger charge is 2.33. The molecule has 1 N–H and O–H groups in total. The first-order valence-electron chi connectivity index (χ1n) is 9.62. The van der Waals surface area contributed by atoms with E-state index in [1.54, 1.807) is 18.2 Å². The molecule has 2 aliphatic rings. The zero-order valence-corrected chi connectivity index (χ0v) is 17.1. The van der Waals surface area contributed by atoms with Gasteiger partial charge >= 0.3 is 0 Å². The van der Waals surface area contributed by atoms with Gasteiger partial charge in [0.2, 0.25) is 26.6 Å². The van der Waals surface area contributed by atoms with Gasteiger partial charge in [-0.1, -0.05) is 12.1 Å². The van der Waals surface area contributed by atoms with Gasteiger partial charge in [-0.05, 0) is 37.1 Å². The quantitative estimate of drug-likeness (QED) is 0.637. The van der Waals surface area contributed by atoms with Crippen LogP contribution in [0.4, 0.5) is 5.88 Å². The summed E-state index contributed by atoms with van der Waals surface area (Å²) in [5, 5.41) is 2.99. The highest BCUT2D eigenvalue weighted by Crippen LogP contribution is 2.39. The molecule has 0 unspecified atom stereocenters. The zero-order chi connectivity index (χ0) is 20.7. The number of methoxy groups -OCH3 is 1. The molecule has 0 spiro atoms. The van der Waals surface area contributed by atoms with Crippen molar-refractivity contribution in [1.29, 1.82) is 0 Å². The highest BCUT2D eigenvalue weighted by molar-refractivity contribution is 7.91. The minimum atomic E-state index is -3.97. The Morgan fingerprint density at radius 1 is 1.07 bits per heavy atom. The second-order valence-corrected chi connectivity index (χ2v) is 8.95. The fraction of sp³-hybridized carbons (Fsp3) is 0.286. The van der Waals surface area contributed by atoms with E-state index in [-0.39, 0.29) is 27.7 Å². The van der Waals surface area contributed by atoms with Gasteiger partial charge in [0, 0.05) is 12.1 Å². The first-order chi connectivity index (χ1) is 14.6. The molecular formula is C21H20N2O6S. The molecule has 1 aromatic heterocycles. The van der Waals surface area contributed by atoms with Crippen molar-refractivity contribution in [2.45, 2.75) is 28.8 Å². The molecule has 0 saturated heterocycles. The fourth-order valence-corrected chi connectivity index (χ4v) is 4.51. The molecule has 1 saturated carbocycles. The van der Waals surface area contributed by atoms with Gasteiger partial charge in [0.25, 0.3) is 0 Å². The van der Waals surface area contributed by atoms with Crippen LogP contribution in [0, 0.1) is 0 Å². The number of ether oxygens (including phenoxy) is 3. The van der Waals surface area contributed by atoms with Gasteiger partial charge in [0.05, 0.1) is 17.6 Å². The van der Waals surface area contributed by atoms with Crippen LogP contribution in [0.1, 0.15) is 12.8 Å². The SMILES string of the molecule is COc1ccccc1-c1nc(S(=O)(=O)c2ccc3c(c2)OCCO3)c(NC2CC2)o1. The number of benzene rings is 2. The van der Waals surface area contributed by atoms with Crippen molar-refractivity contribution >= 4 is 15.7 Å². The molecule has 2 heterocycles. The third-order valence-corrected chi connectivity index (χ3v) is 6.58. The van der Waals surface area contributed by atoms with Crippen molar-refractivity contribution in [3.8, 4) is 28.7 Å². The number of hydrogen-bond donors (Lipinski definition) is 1. The summed E-state index contributed by atoms with van der Waals surface area (Å²) < 4.78 is 49.2. The van der Waals surface area contributed by atoms with Crippen LogP contribution >= 0.6 is 0 Å². The van der Waals surface area contributed by atoms with Gasteiger partial charge in [-0.3, -0.25) is 0 Å². The van der Waals surface area contributed by atoms with Crippen molar-refractivity contribution < 1.29 is 27.0 Å². The van der Waals surface area contributed by atoms with Crippen molar-refractivity contribution in [2.24, 2.45) is 0 Å². The van der Waals surface area contributed by atoms with Crippen LogP contribution in [-0.2, 0) is 9.84 Å². The van der Waals surface area contributed by atoms with Crippen LogP contribution in [0.3, 0.4) is 0 Å². The number of aromatic nitrogens is 1. The molecule has 1 aliphatic heterocycles. The van der Waals surface area contributed by atoms with Crippen LogP contribution in [0.15, 0.2) is 56.8 Å². The highest BCUT2D eigenvalue weighted by atomic mass is 32.2. The topological polar surface area (TPSA) is 99.9 Å². The van der Waals surface area contributed by atoms with Gasteiger partial charge in [0.1, 0.15) is 19.0 Å². The number of sulfone groups is 1. The van der Waals surface area contributed by atoms with Crippen LogP contribution < -0.4 is 19.5 Å². The molecule has 1 aliphatic carbocycles. The Kier molecular flexibility index (Phi) is 4.54. The first kappa shape index (κ1) is 18.8. The predicted molar refractivity (Wildman–Crippen MR) is 108 cm³/mol. The molecule has 3 aromatic rings. The lowest BCUT2D eigenvalue weighted by Crippen LogP contribution is -2.16. The lowest BCUT2D eigenvalue weighted by molar-refractivity contribution is 0.171. The number of anilines is 1. The number of rotatable bonds is 6. The van der Waals surface area contributed by atoms with Crippen molar-refractivity contribution in [2.75, 3.05) is 25.6 Å². The lowest BCUT2D eigenvalue weighted by Gasteiger charge is -2.18. The third kappa shape index (κ3) is 3.35. The Morgan fingerprint density at radius 2 is 1.83 bits per heavy atom. The largest absolute Gasteiger partial charge is 0.496 e. The van der Waals surface area contributed by atoms with Crippen LogP contribution in [0.25, 0.3) is 11.5 Å². The van der Waals surface area contributed by atoms with E-state index in [1.807, 2.05) is 12.1 Å². The average Bonchev–Trinajstić information content (AvgIpc) is 3.49. The summed E-state index contributed by atoms with van der Waals surface area (Å²) in [4.78, 5) is 4.42. The molecule has 9 heteroatoms. The third-order valence-electron chi connectivity index (χ3n) is 4.92. The van der Waals surface area contributed by atoms with Crippen LogP contribution in [0.5, 0.6) is 17.2 Å². The molecule has 0 amide bonds. The maximum atomic E-state index is 13.5. The number of nitrogens with zero attached hydrogens (tertiary/aromatic N) is 1. The molecule has 0 bridgehead atoms. The van der Waals surface area contributed by atoms with E-state index in [2.05, 4.69) is 10.3 Å². The number of hydrogen-bond acceptors (Lipinski definition) is 8. The standard InChI is InChI=1S/C21H20N2O6S/c1-26-16-5-3-2-4-15(16)19-23-21(20(29-19)22-13-6-7-13)30(24,25)14-8-9-17-18(12-14)28-11-10-27-17/h2-5,8-9,12-13,22H,6-7,10-11H2,1H3. The summed E-state index contributed by atoms with van der Waals surface area (Å²) in [5.41, 5.74) is 0.572. The number of fused-ring (bicyclic) bond motifs is 1. The minimum absolute atomic E-state index is 0.0606. The monoisotopic (exact) mass is 428 g/mol. The summed E-state index contributed by atoms with van der Waals surface area (Å²) in [7, 11) is -2.43. The molecule has 0 radical (unpaired) electrons. The Labute approximate surface area is 173 Å². The normalized spacial score (nSPS) is 15.6. The summed E-state index contributed by atoms with van der Waals surface area (Å²) in [5.74, 6) is 1.76. The van der Waals surface area contributed by atoms with E-state index in [0.717, 1.165) is 12.8 Å². The lowest BCUT2D eigenvalue weighted by atomic mass is 10.2. The first-order valence-corrected chi connectivity index (χ1v) is 11.1. The van der Waals surface area contributed by atoms with Gasteiger partial charge in [-0.2, -0.15) is 4.98 Å². The maximum absolute atomic E-state index is 13.5. The molecule has 0 atom stereocenters. The van der Waals surface area contributed by atoms with Crippen molar-refractivity contribution in [3.05, 3.63) is 42.5 Å². The molecular weight excluding hydrogens is 408 g/mol. The summed E-state index contributed by atoms with van der Waals surface area (Å²) in [6, 6.07) is 11.9. The molecule has 8 nitrogen and oxygen atoms in total. The Bertz CT molecular complexity index is 1200. The molecule has 30 heavy (non-hydrogen) atoms. The molecule has 5 rings (SSSR count). The van der Waals surface area contributed by atoms with E-state index in [9.17, 15) is 8.42 Å². The smallest absolute Gasteiger partial charge is 0.234 e. The fourth-order valence-electron chi connectivity index (χ4n) is 3.23. The number of oxazole rings is 1. The average molecular weight is 428 g/mol. The van der Waals surface area contributed by atoms with E-state index in [1.165, 1.54) is 19.2 Å². The summed E-state index contributed by atoms with van der Waals surface area (Å²) >= 11 is 0. The van der Waals surface area contributed by atoms with E-state index in [0.29, 0.717) is 36.0 Å². The van der Waals surface area contributed by atoms with Crippen molar-refractivity contribution in [3.63, 3.8) is 0 Å². The van der Waals surface area contributed by atoms with Crippen LogP contribution in [-0.4, -0.2) is 39.8 Å². The Morgan fingerprint density at radius 3 is 2.60 bits per heavy atom. The van der Waals surface area contributed by atoms with Gasteiger partial charge in [0.15, 0.2) is 11.5 Å². The molecule has 156 valence electrons. The Hall–Kier alpha value is -3.20. The second kappa shape index (κ2) is 7.24. The van der Waals surface area contributed by atoms with Gasteiger partial charge < -0.3 is 23.9 Å². The predicted octanol–water partition coefficient (Wildman–Crippen LogP) is 3.53. The zero-order valence-electron chi connectivity index (χ0n) is 16.3. The van der Waals surface area contributed by atoms with E-state index >= 15 is 0 Å². The summed E-state index contributed by atoms with van der Waals surface area (Å²) in [6.07, 6.45) is 1.91.